The van der Waals surface area contributed by atoms with Crippen LogP contribution in [0.2, 0.25) is 0 Å². The van der Waals surface area contributed by atoms with E-state index in [1.165, 1.54) is 38.5 Å². The van der Waals surface area contributed by atoms with Crippen molar-refractivity contribution in [3.05, 3.63) is 0 Å². The summed E-state index contributed by atoms with van der Waals surface area (Å²) in [7, 11) is 3.33. The van der Waals surface area contributed by atoms with E-state index in [1.807, 2.05) is 0 Å². The van der Waals surface area contributed by atoms with Crippen molar-refractivity contribution >= 4 is 14.2 Å². The van der Waals surface area contributed by atoms with Gasteiger partial charge in [-0.15, -0.1) is 0 Å². The molecule has 0 heterocycles. The fourth-order valence-corrected chi connectivity index (χ4v) is 9.11. The molecule has 0 aromatic rings. The SMILES string of the molecule is COCOCC12CC3CC(C1)C(=O)C(C3)C2.COCOCC12CC3CC(C1)C(O)C(C3)C2.[B].[H-].[Na+]. The maximum atomic E-state index is 12.0. The minimum absolute atomic E-state index is 0. The number of carbonyl (C=O) groups is 1. The molecule has 8 fully saturated rings. The Morgan fingerprint density at radius 3 is 1.71 bits per heavy atom. The zero-order valence-electron chi connectivity index (χ0n) is 22.5. The largest absolute Gasteiger partial charge is 1.00 e. The van der Waals surface area contributed by atoms with E-state index >= 15 is 0 Å². The van der Waals surface area contributed by atoms with Crippen molar-refractivity contribution in [3.63, 3.8) is 0 Å². The normalized spacial score (nSPS) is 44.8. The van der Waals surface area contributed by atoms with Crippen LogP contribution in [0, 0.1) is 46.3 Å². The van der Waals surface area contributed by atoms with Crippen LogP contribution >= 0.6 is 0 Å². The van der Waals surface area contributed by atoms with Crippen molar-refractivity contribution in [2.24, 2.45) is 46.3 Å². The number of aliphatic hydroxyl groups excluding tert-OH is 1. The fourth-order valence-electron chi connectivity index (χ4n) is 9.11. The van der Waals surface area contributed by atoms with Crippen LogP contribution in [-0.2, 0) is 23.7 Å². The predicted octanol–water partition coefficient (Wildman–Crippen LogP) is 0.532. The molecule has 8 bridgehead atoms. The van der Waals surface area contributed by atoms with Crippen LogP contribution in [0.4, 0.5) is 0 Å². The Morgan fingerprint density at radius 2 is 1.24 bits per heavy atom. The monoisotopic (exact) mass is 485 g/mol. The summed E-state index contributed by atoms with van der Waals surface area (Å²) in [4.78, 5) is 12.0. The molecule has 187 valence electrons. The Kier molecular flexibility index (Phi) is 10.2. The first-order valence-electron chi connectivity index (χ1n) is 12.8. The van der Waals surface area contributed by atoms with Gasteiger partial charge in [-0.3, -0.25) is 4.79 Å². The minimum atomic E-state index is -0.0212. The molecule has 1 N–H and O–H groups in total. The Labute approximate surface area is 230 Å². The van der Waals surface area contributed by atoms with Gasteiger partial charge < -0.3 is 25.5 Å². The molecule has 0 aromatic carbocycles. The van der Waals surface area contributed by atoms with Crippen LogP contribution < -0.4 is 29.6 Å². The zero-order valence-corrected chi connectivity index (χ0v) is 23.5. The van der Waals surface area contributed by atoms with Gasteiger partial charge in [0.15, 0.2) is 0 Å². The summed E-state index contributed by atoms with van der Waals surface area (Å²) < 4.78 is 21.1. The number of Topliss-reactive ketones (excluding diaryl/α,β-unsaturated/α-hetero) is 1. The van der Waals surface area contributed by atoms with Crippen LogP contribution in [0.3, 0.4) is 0 Å². The van der Waals surface area contributed by atoms with Crippen molar-refractivity contribution in [3.8, 4) is 0 Å². The van der Waals surface area contributed by atoms with Gasteiger partial charge in [0.25, 0.3) is 0 Å². The third-order valence-electron chi connectivity index (χ3n) is 9.69. The molecule has 8 aliphatic carbocycles. The smallest absolute Gasteiger partial charge is 1.00 e. The molecule has 0 saturated heterocycles. The van der Waals surface area contributed by atoms with E-state index in [2.05, 4.69) is 0 Å². The number of hydrogen-bond acceptors (Lipinski definition) is 6. The summed E-state index contributed by atoms with van der Waals surface area (Å²) in [5.41, 5.74) is 0.678. The van der Waals surface area contributed by atoms with Crippen LogP contribution in [0.1, 0.15) is 65.6 Å². The topological polar surface area (TPSA) is 74.2 Å². The molecule has 34 heavy (non-hydrogen) atoms. The Balaban J connectivity index is 0.000000227. The van der Waals surface area contributed by atoms with Crippen LogP contribution in [0.15, 0.2) is 0 Å². The molecular formula is C26H43BNaO6. The Morgan fingerprint density at radius 1 is 0.794 bits per heavy atom. The molecule has 6 nitrogen and oxygen atoms in total. The maximum Gasteiger partial charge on any atom is 1.00 e. The van der Waals surface area contributed by atoms with Crippen molar-refractivity contribution in [1.82, 2.24) is 0 Å². The van der Waals surface area contributed by atoms with E-state index in [0.717, 1.165) is 50.7 Å². The molecule has 8 saturated carbocycles. The first-order chi connectivity index (χ1) is 15.4. The van der Waals surface area contributed by atoms with Crippen molar-refractivity contribution in [2.75, 3.05) is 41.0 Å². The average molecular weight is 485 g/mol. The summed E-state index contributed by atoms with van der Waals surface area (Å²) in [6.45, 7) is 2.41. The Hall–Kier alpha value is 0.535. The first-order valence-corrected chi connectivity index (χ1v) is 12.8. The summed E-state index contributed by atoms with van der Waals surface area (Å²) in [6.07, 6.45) is 11.9. The minimum Gasteiger partial charge on any atom is -1.00 e. The number of aliphatic hydroxyl groups is 1. The third-order valence-corrected chi connectivity index (χ3v) is 9.69. The van der Waals surface area contributed by atoms with Gasteiger partial charge in [-0.25, -0.2) is 0 Å². The molecule has 4 unspecified atom stereocenters. The van der Waals surface area contributed by atoms with Gasteiger partial charge in [-0.05, 0) is 98.7 Å². The molecule has 4 atom stereocenters. The molecule has 0 aromatic heterocycles. The van der Waals surface area contributed by atoms with Gasteiger partial charge in [-0.1, -0.05) is 0 Å². The van der Waals surface area contributed by atoms with E-state index in [0.29, 0.717) is 53.9 Å². The van der Waals surface area contributed by atoms with E-state index in [4.69, 9.17) is 18.9 Å². The van der Waals surface area contributed by atoms with Gasteiger partial charge in [0.2, 0.25) is 0 Å². The molecule has 0 amide bonds. The number of ether oxygens (including phenoxy) is 4. The second kappa shape index (κ2) is 11.9. The number of carbonyl (C=O) groups excluding carboxylic acids is 1. The van der Waals surface area contributed by atoms with E-state index < -0.39 is 0 Å². The standard InChI is InChI=1S/C13H22O3.C13H20O3.B.Na.H/c2*1-15-8-16-7-13-4-9-2-10(5-13)12(14)11(3-9)6-13;;;/h9-12,14H,2-8H2,1H3;9-11H,2-8H2,1H3;;;/q;;;+1;-1. The molecule has 3 radical (unpaired) electrons. The number of methoxy groups -OCH3 is 2. The van der Waals surface area contributed by atoms with E-state index in [1.54, 1.807) is 14.2 Å². The second-order valence-electron chi connectivity index (χ2n) is 12.2. The maximum absolute atomic E-state index is 12.0. The zero-order chi connectivity index (χ0) is 22.3. The molecule has 8 rings (SSSR count). The number of hydrogen-bond donors (Lipinski definition) is 1. The van der Waals surface area contributed by atoms with Crippen LogP contribution in [0.5, 0.6) is 0 Å². The predicted molar refractivity (Wildman–Crippen MR) is 126 cm³/mol. The second-order valence-corrected chi connectivity index (χ2v) is 12.2. The summed E-state index contributed by atoms with van der Waals surface area (Å²) in [6, 6.07) is 0. The average Bonchev–Trinajstić information content (AvgIpc) is 2.75. The van der Waals surface area contributed by atoms with Gasteiger partial charge in [0.1, 0.15) is 19.4 Å². The molecule has 8 heteroatoms. The molecule has 0 spiro atoms. The number of rotatable bonds is 8. The Bertz CT molecular complexity index is 665. The molecule has 8 aliphatic rings. The van der Waals surface area contributed by atoms with Gasteiger partial charge >= 0.3 is 29.6 Å². The van der Waals surface area contributed by atoms with Crippen molar-refractivity contribution in [1.29, 1.82) is 0 Å². The van der Waals surface area contributed by atoms with Crippen LogP contribution in [0.25, 0.3) is 0 Å². The van der Waals surface area contributed by atoms with Gasteiger partial charge in [-0.2, -0.15) is 0 Å². The quantitative estimate of drug-likeness (QED) is 0.307. The van der Waals surface area contributed by atoms with Gasteiger partial charge in [0, 0.05) is 34.5 Å². The summed E-state index contributed by atoms with van der Waals surface area (Å²) >= 11 is 0. The van der Waals surface area contributed by atoms with E-state index in [-0.39, 0.29) is 45.5 Å². The van der Waals surface area contributed by atoms with Crippen molar-refractivity contribution < 1.29 is 59.8 Å². The first kappa shape index (κ1) is 29.1. The summed E-state index contributed by atoms with van der Waals surface area (Å²) in [5.74, 6) is 4.02. The molecular weight excluding hydrogens is 442 g/mol. The van der Waals surface area contributed by atoms with Gasteiger partial charge in [0.05, 0.1) is 19.3 Å². The molecule has 0 aliphatic heterocycles. The van der Waals surface area contributed by atoms with Crippen molar-refractivity contribution in [2.45, 2.75) is 70.3 Å². The fraction of sp³-hybridized carbons (Fsp3) is 0.962. The number of ketones is 1. The summed E-state index contributed by atoms with van der Waals surface area (Å²) in [5, 5.41) is 10.1. The van der Waals surface area contributed by atoms with E-state index in [9.17, 15) is 9.90 Å². The van der Waals surface area contributed by atoms with Crippen LogP contribution in [-0.4, -0.2) is 66.4 Å². The third kappa shape index (κ3) is 5.82.